The third-order valence-corrected chi connectivity index (χ3v) is 5.00. The van der Waals surface area contributed by atoms with Gasteiger partial charge in [0.1, 0.15) is 0 Å². The Bertz CT molecular complexity index is 613. The number of carbonyl (C=O) groups excluding carboxylic acids is 1. The smallest absolute Gasteiger partial charge is 0.263 e. The van der Waals surface area contributed by atoms with Crippen molar-refractivity contribution in [3.8, 4) is 0 Å². The standard InChI is InChI=1S/C11H13BrN2O5S/c12-9-2-1-8(7-10(9)20(17,18)13-16)11(15)14-3-5-19-6-4-14/h1-2,7,13,16H,3-6H2. The fourth-order valence-corrected chi connectivity index (χ4v) is 3.43. The maximum Gasteiger partial charge on any atom is 0.263 e. The minimum absolute atomic E-state index is 0.195. The first-order valence-electron chi connectivity index (χ1n) is 5.78. The van der Waals surface area contributed by atoms with E-state index in [0.717, 1.165) is 0 Å². The lowest BCUT2D eigenvalue weighted by molar-refractivity contribution is 0.0302. The first kappa shape index (κ1) is 15.4. The average Bonchev–Trinajstić information content (AvgIpc) is 2.47. The summed E-state index contributed by atoms with van der Waals surface area (Å²) in [6, 6.07) is 4.20. The number of hydrogen-bond acceptors (Lipinski definition) is 5. The molecular formula is C11H13BrN2O5S. The van der Waals surface area contributed by atoms with Crippen LogP contribution in [0.15, 0.2) is 27.6 Å². The van der Waals surface area contributed by atoms with Gasteiger partial charge in [0.25, 0.3) is 15.9 Å². The van der Waals surface area contributed by atoms with Crippen LogP contribution in [0.2, 0.25) is 0 Å². The van der Waals surface area contributed by atoms with E-state index in [1.165, 1.54) is 23.1 Å². The van der Waals surface area contributed by atoms with Gasteiger partial charge in [0.15, 0.2) is 0 Å². The van der Waals surface area contributed by atoms with Gasteiger partial charge in [0, 0.05) is 23.1 Å². The Morgan fingerprint density at radius 3 is 2.60 bits per heavy atom. The van der Waals surface area contributed by atoms with Gasteiger partial charge in [0.2, 0.25) is 0 Å². The number of halogens is 1. The van der Waals surface area contributed by atoms with Gasteiger partial charge in [-0.2, -0.15) is 0 Å². The molecule has 0 spiro atoms. The minimum Gasteiger partial charge on any atom is -0.378 e. The van der Waals surface area contributed by atoms with Gasteiger partial charge in [-0.3, -0.25) is 4.79 Å². The molecule has 1 saturated heterocycles. The fourth-order valence-electron chi connectivity index (χ4n) is 1.84. The van der Waals surface area contributed by atoms with Crippen molar-refractivity contribution in [2.45, 2.75) is 4.90 Å². The van der Waals surface area contributed by atoms with Gasteiger partial charge in [-0.25, -0.2) is 8.42 Å². The molecule has 0 aromatic heterocycles. The molecule has 1 aromatic rings. The molecule has 20 heavy (non-hydrogen) atoms. The van der Waals surface area contributed by atoms with Crippen LogP contribution in [-0.4, -0.2) is 50.7 Å². The fraction of sp³-hybridized carbons (Fsp3) is 0.364. The van der Waals surface area contributed by atoms with E-state index in [1.807, 2.05) is 0 Å². The monoisotopic (exact) mass is 364 g/mol. The third kappa shape index (κ3) is 3.18. The molecule has 1 aromatic carbocycles. The van der Waals surface area contributed by atoms with Crippen molar-refractivity contribution in [3.05, 3.63) is 28.2 Å². The molecule has 1 amide bonds. The summed E-state index contributed by atoms with van der Waals surface area (Å²) in [5, 5.41) is 8.68. The highest BCUT2D eigenvalue weighted by molar-refractivity contribution is 9.10. The summed E-state index contributed by atoms with van der Waals surface area (Å²) < 4.78 is 28.7. The van der Waals surface area contributed by atoms with Gasteiger partial charge >= 0.3 is 0 Å². The molecule has 1 aliphatic heterocycles. The summed E-state index contributed by atoms with van der Waals surface area (Å²) in [6.07, 6.45) is 0. The summed E-state index contributed by atoms with van der Waals surface area (Å²) in [7, 11) is -4.05. The molecule has 0 unspecified atom stereocenters. The van der Waals surface area contributed by atoms with Crippen LogP contribution in [0.4, 0.5) is 0 Å². The van der Waals surface area contributed by atoms with E-state index < -0.39 is 10.0 Å². The van der Waals surface area contributed by atoms with Crippen LogP contribution < -0.4 is 4.89 Å². The van der Waals surface area contributed by atoms with E-state index in [0.29, 0.717) is 26.3 Å². The zero-order valence-electron chi connectivity index (χ0n) is 10.4. The van der Waals surface area contributed by atoms with Crippen LogP contribution in [0.5, 0.6) is 0 Å². The maximum atomic E-state index is 12.3. The van der Waals surface area contributed by atoms with Crippen molar-refractivity contribution < 1.29 is 23.2 Å². The quantitative estimate of drug-likeness (QED) is 0.765. The van der Waals surface area contributed by atoms with E-state index in [1.54, 1.807) is 4.90 Å². The van der Waals surface area contributed by atoms with Crippen LogP contribution >= 0.6 is 15.9 Å². The lowest BCUT2D eigenvalue weighted by Gasteiger charge is -2.27. The summed E-state index contributed by atoms with van der Waals surface area (Å²) in [5.41, 5.74) is 0.240. The normalized spacial score (nSPS) is 16.2. The molecule has 2 N–H and O–H groups in total. The predicted octanol–water partition coefficient (Wildman–Crippen LogP) is 0.589. The summed E-state index contributed by atoms with van der Waals surface area (Å²) in [6.45, 7) is 1.86. The second-order valence-electron chi connectivity index (χ2n) is 4.14. The molecule has 0 aliphatic carbocycles. The lowest BCUT2D eigenvalue weighted by atomic mass is 10.2. The SMILES string of the molecule is O=C(c1ccc(Br)c(S(=O)(=O)NO)c1)N1CCOCC1. The maximum absolute atomic E-state index is 12.3. The molecule has 1 heterocycles. The number of nitrogens with zero attached hydrogens (tertiary/aromatic N) is 1. The number of carbonyl (C=O) groups is 1. The molecule has 0 bridgehead atoms. The Kier molecular flexibility index (Phi) is 4.76. The third-order valence-electron chi connectivity index (χ3n) is 2.89. The zero-order chi connectivity index (χ0) is 14.8. The second-order valence-corrected chi connectivity index (χ2v) is 6.63. The van der Waals surface area contributed by atoms with Crippen LogP contribution in [0.25, 0.3) is 0 Å². The summed E-state index contributed by atoms with van der Waals surface area (Å²) in [5.74, 6) is -0.268. The van der Waals surface area contributed by atoms with Crippen molar-refractivity contribution in [1.29, 1.82) is 0 Å². The Labute approximate surface area is 124 Å². The van der Waals surface area contributed by atoms with Crippen LogP contribution in [0.3, 0.4) is 0 Å². The number of benzene rings is 1. The van der Waals surface area contributed by atoms with Crippen molar-refractivity contribution in [2.75, 3.05) is 26.3 Å². The molecule has 2 rings (SSSR count). The van der Waals surface area contributed by atoms with Crippen LogP contribution in [0.1, 0.15) is 10.4 Å². The molecular weight excluding hydrogens is 352 g/mol. The van der Waals surface area contributed by atoms with Gasteiger partial charge < -0.3 is 14.8 Å². The highest BCUT2D eigenvalue weighted by Crippen LogP contribution is 2.23. The molecule has 1 fully saturated rings. The number of morpholine rings is 1. The van der Waals surface area contributed by atoms with Crippen LogP contribution in [-0.2, 0) is 14.8 Å². The number of hydrogen-bond donors (Lipinski definition) is 2. The largest absolute Gasteiger partial charge is 0.378 e. The molecule has 110 valence electrons. The van der Waals surface area contributed by atoms with Gasteiger partial charge in [-0.1, -0.05) is 4.89 Å². The van der Waals surface area contributed by atoms with E-state index in [2.05, 4.69) is 15.9 Å². The van der Waals surface area contributed by atoms with Crippen molar-refractivity contribution in [3.63, 3.8) is 0 Å². The Balaban J connectivity index is 2.34. The van der Waals surface area contributed by atoms with Crippen molar-refractivity contribution in [2.24, 2.45) is 0 Å². The zero-order valence-corrected chi connectivity index (χ0v) is 12.8. The number of ether oxygens (including phenoxy) is 1. The van der Waals surface area contributed by atoms with E-state index in [4.69, 9.17) is 9.94 Å². The van der Waals surface area contributed by atoms with Crippen molar-refractivity contribution in [1.82, 2.24) is 9.79 Å². The number of amides is 1. The number of sulfonamides is 1. The van der Waals surface area contributed by atoms with Crippen molar-refractivity contribution >= 4 is 31.9 Å². The van der Waals surface area contributed by atoms with Crippen LogP contribution in [0, 0.1) is 0 Å². The molecule has 1 aliphatic rings. The first-order chi connectivity index (χ1) is 9.45. The molecule has 0 saturated carbocycles. The Morgan fingerprint density at radius 1 is 1.35 bits per heavy atom. The van der Waals surface area contributed by atoms with Gasteiger partial charge in [-0.15, -0.1) is 0 Å². The summed E-state index contributed by atoms with van der Waals surface area (Å²) in [4.78, 5) is 14.9. The summed E-state index contributed by atoms with van der Waals surface area (Å²) >= 11 is 3.08. The molecule has 9 heteroatoms. The predicted molar refractivity (Wildman–Crippen MR) is 73.0 cm³/mol. The number of rotatable bonds is 3. The van der Waals surface area contributed by atoms with E-state index >= 15 is 0 Å². The van der Waals surface area contributed by atoms with Gasteiger partial charge in [-0.05, 0) is 34.1 Å². The average molecular weight is 365 g/mol. The van der Waals surface area contributed by atoms with E-state index in [-0.39, 0.29) is 20.8 Å². The second kappa shape index (κ2) is 6.19. The number of nitrogens with one attached hydrogen (secondary N) is 1. The minimum atomic E-state index is -4.05. The lowest BCUT2D eigenvalue weighted by Crippen LogP contribution is -2.40. The molecule has 0 atom stereocenters. The highest BCUT2D eigenvalue weighted by atomic mass is 79.9. The molecule has 0 radical (unpaired) electrons. The topological polar surface area (TPSA) is 95.9 Å². The highest BCUT2D eigenvalue weighted by Gasteiger charge is 2.22. The van der Waals surface area contributed by atoms with Gasteiger partial charge in [0.05, 0.1) is 18.1 Å². The first-order valence-corrected chi connectivity index (χ1v) is 8.06. The molecule has 7 nitrogen and oxygen atoms in total. The van der Waals surface area contributed by atoms with E-state index in [9.17, 15) is 13.2 Å². The Morgan fingerprint density at radius 2 is 2.00 bits per heavy atom. The Hall–Kier alpha value is -1.00.